The normalized spacial score (nSPS) is 31.0. The number of phosphoric acid groups is 4. The zero-order chi connectivity index (χ0) is 38.2. The van der Waals surface area contributed by atoms with Gasteiger partial charge in [0.05, 0.1) is 26.7 Å². The summed E-state index contributed by atoms with van der Waals surface area (Å²) in [5.41, 5.74) is 5.93. The number of aliphatic hydroxyl groups excluding tert-OH is 4. The Morgan fingerprint density at radius 3 is 1.83 bits per heavy atom. The van der Waals surface area contributed by atoms with Crippen molar-refractivity contribution in [3.05, 3.63) is 36.9 Å². The van der Waals surface area contributed by atoms with Crippen LogP contribution in [0.25, 0.3) is 11.2 Å². The second-order valence-electron chi connectivity index (χ2n) is 10.7. The topological polar surface area (TPSA) is 383 Å². The van der Waals surface area contributed by atoms with Gasteiger partial charge in [-0.1, -0.05) is 0 Å². The van der Waals surface area contributed by atoms with Crippen LogP contribution in [0.4, 0.5) is 5.82 Å². The van der Waals surface area contributed by atoms with Gasteiger partial charge in [0.25, 0.3) is 0 Å². The largest absolute Gasteiger partial charge is 0.497 e. The average molecular weight is 825 g/mol. The summed E-state index contributed by atoms with van der Waals surface area (Å²) >= 11 is 0. The van der Waals surface area contributed by atoms with Gasteiger partial charge >= 0.3 is 31.3 Å². The van der Waals surface area contributed by atoms with Crippen molar-refractivity contribution in [3.8, 4) is 11.5 Å². The molecular formula is C22H31N5O21P4. The Labute approximate surface area is 290 Å². The van der Waals surface area contributed by atoms with Gasteiger partial charge in [-0.2, -0.15) is 12.9 Å². The lowest BCUT2D eigenvalue weighted by atomic mass is 10.1. The van der Waals surface area contributed by atoms with Crippen LogP contribution in [0.5, 0.6) is 11.5 Å². The highest BCUT2D eigenvalue weighted by Gasteiger charge is 2.50. The first-order valence-corrected chi connectivity index (χ1v) is 20.2. The maximum Gasteiger partial charge on any atom is 0.490 e. The van der Waals surface area contributed by atoms with Crippen LogP contribution in [0, 0.1) is 0 Å². The molecule has 1 aromatic carbocycles. The number of imidazole rings is 1. The summed E-state index contributed by atoms with van der Waals surface area (Å²) < 4.78 is 92.2. The van der Waals surface area contributed by atoms with Gasteiger partial charge in [0.1, 0.15) is 60.0 Å². The first kappa shape index (κ1) is 40.7. The number of nitrogen functional groups attached to an aromatic ring is 1. The lowest BCUT2D eigenvalue weighted by Gasteiger charge is -2.21. The van der Waals surface area contributed by atoms with Crippen molar-refractivity contribution in [2.45, 2.75) is 49.1 Å². The smallest absolute Gasteiger partial charge is 0.490 e. The molecule has 2 aliphatic heterocycles. The Morgan fingerprint density at radius 1 is 0.731 bits per heavy atom. The van der Waals surface area contributed by atoms with Crippen LogP contribution >= 0.6 is 31.3 Å². The highest BCUT2D eigenvalue weighted by Crippen LogP contribution is 2.71. The molecule has 0 spiro atoms. The number of nitrogens with two attached hydrogens (primary N) is 1. The molecule has 2 saturated heterocycles. The van der Waals surface area contributed by atoms with Gasteiger partial charge < -0.3 is 64.7 Å². The number of phosphoric ester groups is 2. The lowest BCUT2D eigenvalue weighted by Crippen LogP contribution is -2.35. The van der Waals surface area contributed by atoms with Crippen molar-refractivity contribution in [1.82, 2.24) is 19.5 Å². The van der Waals surface area contributed by atoms with Crippen LogP contribution in [0.1, 0.15) is 6.23 Å². The van der Waals surface area contributed by atoms with E-state index in [0.717, 1.165) is 17.2 Å². The number of hydrogen-bond acceptors (Lipinski definition) is 21. The number of nitrogens with zero attached hydrogens (tertiary/aromatic N) is 4. The fourth-order valence-electron chi connectivity index (χ4n) is 4.69. The maximum atomic E-state index is 12.4. The fourth-order valence-corrected chi connectivity index (χ4v) is 9.65. The summed E-state index contributed by atoms with van der Waals surface area (Å²) in [4.78, 5) is 51.2. The molecule has 26 nitrogen and oxygen atoms in total. The molecular weight excluding hydrogens is 794 g/mol. The minimum Gasteiger partial charge on any atom is -0.497 e. The van der Waals surface area contributed by atoms with E-state index in [1.165, 1.54) is 31.4 Å². The van der Waals surface area contributed by atoms with Crippen LogP contribution in [0.15, 0.2) is 36.9 Å². The molecule has 2 aromatic heterocycles. The average Bonchev–Trinajstić information content (AvgIpc) is 3.68. The second kappa shape index (κ2) is 15.7. The number of rotatable bonds is 16. The van der Waals surface area contributed by atoms with Gasteiger partial charge in [0.2, 0.25) is 6.29 Å². The second-order valence-corrected chi connectivity index (χ2v) is 16.9. The SMILES string of the molecule is COc1ccc(OC2O[C@H](COP(=O)(O)OP(=O)(O)OP(=O)(O)OP(=O)(O)OC[C@H]3O[C@@H](n4cnc5c(N)ncnc54)[C@H](O)[C@@H]3O)[C@@H](O)[C@H]2O)cc1. The van der Waals surface area contributed by atoms with E-state index >= 15 is 0 Å². The minimum absolute atomic E-state index is 0.0113. The third-order valence-electron chi connectivity index (χ3n) is 7.05. The standard InChI is InChI=1S/C22H31N5O21P4/c1-40-10-2-4-11(5-3-10)43-22-18(31)16(29)13(45-22)7-42-50(34,35)47-52(38,39)48-51(36,37)46-49(32,33)41-6-12-15(28)17(30)21(44-12)27-9-26-14-19(23)24-8-25-20(14)27/h2-5,8-9,12-13,15-18,21-22,28-31H,6-7H2,1H3,(H,32,33)(H,34,35)(H,36,37)(H,38,39)(H2,23,24,25)/t12-,13-,15-,16-,17-,18-,21-,22?/m1/s1. The Kier molecular flexibility index (Phi) is 12.3. The van der Waals surface area contributed by atoms with E-state index in [1.54, 1.807) is 0 Å². The first-order chi connectivity index (χ1) is 24.2. The van der Waals surface area contributed by atoms with Crippen LogP contribution in [0.3, 0.4) is 0 Å². The highest BCUT2D eigenvalue weighted by molar-refractivity contribution is 7.69. The molecule has 5 rings (SSSR count). The van der Waals surface area contributed by atoms with Gasteiger partial charge in [-0.05, 0) is 24.3 Å². The van der Waals surface area contributed by atoms with Crippen molar-refractivity contribution >= 4 is 48.3 Å². The summed E-state index contributed by atoms with van der Waals surface area (Å²) in [7, 11) is -22.4. The van der Waals surface area contributed by atoms with Crippen molar-refractivity contribution in [3.63, 3.8) is 0 Å². The molecule has 0 aliphatic carbocycles. The van der Waals surface area contributed by atoms with Gasteiger partial charge in [-0.3, -0.25) is 13.6 Å². The molecule has 0 radical (unpaired) electrons. The highest BCUT2D eigenvalue weighted by atomic mass is 31.3. The van der Waals surface area contributed by atoms with E-state index in [0.29, 0.717) is 5.75 Å². The van der Waals surface area contributed by atoms with Crippen molar-refractivity contribution in [2.24, 2.45) is 0 Å². The number of aliphatic hydroxyl groups is 4. The summed E-state index contributed by atoms with van der Waals surface area (Å²) in [6.45, 7) is -2.19. The molecule has 3 aromatic rings. The minimum atomic E-state index is -6.18. The quantitative estimate of drug-likeness (QED) is 0.0786. The van der Waals surface area contributed by atoms with E-state index in [4.69, 9.17) is 24.7 Å². The Balaban J connectivity index is 1.11. The molecule has 10 N–H and O–H groups in total. The van der Waals surface area contributed by atoms with Crippen molar-refractivity contribution < 1.29 is 99.2 Å². The Morgan fingerprint density at radius 2 is 1.25 bits per heavy atom. The number of ether oxygens (including phenoxy) is 4. The molecule has 5 unspecified atom stereocenters. The molecule has 2 fully saturated rings. The molecule has 0 amide bonds. The van der Waals surface area contributed by atoms with Crippen LogP contribution in [-0.4, -0.2) is 123 Å². The van der Waals surface area contributed by atoms with Gasteiger partial charge in [-0.25, -0.2) is 33.2 Å². The summed E-state index contributed by atoms with van der Waals surface area (Å²) in [5, 5.41) is 41.3. The Hall–Kier alpha value is -2.51. The number of benzene rings is 1. The number of anilines is 1. The zero-order valence-electron chi connectivity index (χ0n) is 26.0. The van der Waals surface area contributed by atoms with E-state index in [-0.39, 0.29) is 22.7 Å². The molecule has 0 bridgehead atoms. The van der Waals surface area contributed by atoms with Crippen molar-refractivity contribution in [2.75, 3.05) is 26.1 Å². The number of aromatic nitrogens is 4. The number of hydrogen-bond donors (Lipinski definition) is 9. The number of methoxy groups -OCH3 is 1. The maximum absolute atomic E-state index is 12.4. The predicted octanol–water partition coefficient (Wildman–Crippen LogP) is -0.953. The van der Waals surface area contributed by atoms with E-state index in [9.17, 15) is 58.3 Å². The van der Waals surface area contributed by atoms with Gasteiger partial charge in [0.15, 0.2) is 17.7 Å². The molecule has 0 saturated carbocycles. The fraction of sp³-hybridized carbons (Fsp3) is 0.500. The van der Waals surface area contributed by atoms with E-state index in [1.807, 2.05) is 0 Å². The molecule has 12 atom stereocenters. The molecule has 52 heavy (non-hydrogen) atoms. The third kappa shape index (κ3) is 9.77. The van der Waals surface area contributed by atoms with Crippen molar-refractivity contribution in [1.29, 1.82) is 0 Å². The van der Waals surface area contributed by atoms with E-state index in [2.05, 4.69) is 36.9 Å². The zero-order valence-corrected chi connectivity index (χ0v) is 29.6. The summed E-state index contributed by atoms with van der Waals surface area (Å²) in [6.07, 6.45) is -10.9. The lowest BCUT2D eigenvalue weighted by molar-refractivity contribution is -0.115. The predicted molar refractivity (Wildman–Crippen MR) is 164 cm³/mol. The third-order valence-corrected chi connectivity index (χ3v) is 13.0. The molecule has 30 heteroatoms. The van der Waals surface area contributed by atoms with E-state index < -0.39 is 93.6 Å². The van der Waals surface area contributed by atoms with Gasteiger partial charge in [0, 0.05) is 0 Å². The molecule has 4 heterocycles. The molecule has 290 valence electrons. The van der Waals surface area contributed by atoms with Crippen LogP contribution in [-0.2, 0) is 49.7 Å². The molecule has 2 aliphatic rings. The summed E-state index contributed by atoms with van der Waals surface area (Å²) in [6, 6.07) is 5.92. The first-order valence-electron chi connectivity index (χ1n) is 14.2. The van der Waals surface area contributed by atoms with Crippen LogP contribution in [0.2, 0.25) is 0 Å². The Bertz CT molecular complexity index is 1920. The van der Waals surface area contributed by atoms with Gasteiger partial charge in [-0.15, -0.1) is 0 Å². The monoisotopic (exact) mass is 825 g/mol. The summed E-state index contributed by atoms with van der Waals surface area (Å²) in [5.74, 6) is 0.636. The number of fused-ring (bicyclic) bond motifs is 1. The van der Waals surface area contributed by atoms with Crippen LogP contribution < -0.4 is 15.2 Å².